The SMILES string of the molecule is CC1(C)c2ccccc2-c2ccc(-c3nc(-c4ccccc4)nc(-c4cc(-c5cccc(-c6cc(-c7ccc(-c8ccccc8)cc7)nc(-c7ccccc7)n6)c5)ccn4)n3)cc21. The Hall–Kier alpha value is -8.22. The van der Waals surface area contributed by atoms with Gasteiger partial charge in [0.1, 0.15) is 5.69 Å². The molecule has 0 spiro atoms. The number of rotatable bonds is 8. The van der Waals surface area contributed by atoms with Gasteiger partial charge in [0.05, 0.1) is 11.4 Å². The van der Waals surface area contributed by atoms with Crippen LogP contribution in [0.2, 0.25) is 0 Å². The van der Waals surface area contributed by atoms with Gasteiger partial charge < -0.3 is 0 Å². The fourth-order valence-corrected chi connectivity index (χ4v) is 8.69. The molecule has 6 nitrogen and oxygen atoms in total. The Morgan fingerprint density at radius 3 is 1.49 bits per heavy atom. The lowest BCUT2D eigenvalue weighted by Crippen LogP contribution is -2.15. The highest BCUT2D eigenvalue weighted by molar-refractivity contribution is 5.83. The Morgan fingerprint density at radius 2 is 0.778 bits per heavy atom. The average Bonchev–Trinajstić information content (AvgIpc) is 3.59. The standard InChI is InChI=1S/C57H40N6/c1-57(2)48-24-13-12-23-46(48)47-30-29-45(34-49(47)57)55-61-54(41-19-10-5-11-20-41)62-56(63-55)52-35-43(31-32-58-52)42-21-14-22-44(33-42)51-36-50(59-53(60-51)40-17-8-4-9-18-40)39-27-25-38(26-28-39)37-15-6-3-7-16-37/h3-36H,1-2H3. The fraction of sp³-hybridized carbons (Fsp3) is 0.0526. The molecule has 7 aromatic carbocycles. The first kappa shape index (κ1) is 37.8. The number of hydrogen-bond donors (Lipinski definition) is 0. The molecule has 1 aliphatic carbocycles. The third-order valence-electron chi connectivity index (χ3n) is 12.0. The van der Waals surface area contributed by atoms with Crippen molar-refractivity contribution < 1.29 is 0 Å². The lowest BCUT2D eigenvalue weighted by molar-refractivity contribution is 0.660. The zero-order chi connectivity index (χ0) is 42.3. The van der Waals surface area contributed by atoms with E-state index in [0.717, 1.165) is 55.9 Å². The fourth-order valence-electron chi connectivity index (χ4n) is 8.69. The van der Waals surface area contributed by atoms with Gasteiger partial charge in [-0.2, -0.15) is 0 Å². The highest BCUT2D eigenvalue weighted by atomic mass is 15.0. The molecular weight excluding hydrogens is 769 g/mol. The molecule has 0 bridgehead atoms. The van der Waals surface area contributed by atoms with E-state index in [1.54, 1.807) is 0 Å². The van der Waals surface area contributed by atoms with Crippen LogP contribution in [-0.2, 0) is 5.41 Å². The van der Waals surface area contributed by atoms with Crippen molar-refractivity contribution in [1.82, 2.24) is 29.9 Å². The van der Waals surface area contributed by atoms with Crippen LogP contribution in [-0.4, -0.2) is 29.9 Å². The molecular formula is C57H40N6. The average molecular weight is 809 g/mol. The molecule has 63 heavy (non-hydrogen) atoms. The zero-order valence-corrected chi connectivity index (χ0v) is 34.8. The molecule has 6 heteroatoms. The molecule has 0 N–H and O–H groups in total. The molecule has 11 rings (SSSR count). The number of benzene rings is 7. The molecule has 3 heterocycles. The minimum atomic E-state index is -0.158. The van der Waals surface area contributed by atoms with Crippen molar-refractivity contribution in [3.05, 3.63) is 218 Å². The van der Waals surface area contributed by atoms with Gasteiger partial charge in [0, 0.05) is 39.4 Å². The molecule has 0 unspecified atom stereocenters. The van der Waals surface area contributed by atoms with Gasteiger partial charge in [-0.1, -0.05) is 184 Å². The van der Waals surface area contributed by atoms with Crippen LogP contribution in [0, 0.1) is 0 Å². The van der Waals surface area contributed by atoms with Crippen LogP contribution >= 0.6 is 0 Å². The first-order valence-corrected chi connectivity index (χ1v) is 21.2. The molecule has 0 saturated carbocycles. The largest absolute Gasteiger partial charge is 0.253 e. The van der Waals surface area contributed by atoms with Gasteiger partial charge in [-0.3, -0.25) is 4.98 Å². The second kappa shape index (κ2) is 15.7. The summed E-state index contributed by atoms with van der Waals surface area (Å²) in [7, 11) is 0. The van der Waals surface area contributed by atoms with Crippen molar-refractivity contribution in [2.24, 2.45) is 0 Å². The van der Waals surface area contributed by atoms with E-state index < -0.39 is 0 Å². The molecule has 0 radical (unpaired) electrons. The Bertz CT molecular complexity index is 3290. The van der Waals surface area contributed by atoms with E-state index >= 15 is 0 Å². The lowest BCUT2D eigenvalue weighted by atomic mass is 9.82. The van der Waals surface area contributed by atoms with E-state index in [1.165, 1.54) is 27.8 Å². The summed E-state index contributed by atoms with van der Waals surface area (Å²) in [6.45, 7) is 4.58. The first-order valence-electron chi connectivity index (χ1n) is 21.2. The molecule has 0 aliphatic heterocycles. The predicted molar refractivity (Wildman–Crippen MR) is 254 cm³/mol. The monoisotopic (exact) mass is 808 g/mol. The van der Waals surface area contributed by atoms with Crippen molar-refractivity contribution in [3.63, 3.8) is 0 Å². The summed E-state index contributed by atoms with van der Waals surface area (Å²) in [5, 5.41) is 0. The topological polar surface area (TPSA) is 77.3 Å². The predicted octanol–water partition coefficient (Wildman–Crippen LogP) is 13.7. The number of aromatic nitrogens is 6. The van der Waals surface area contributed by atoms with E-state index in [2.05, 4.69) is 153 Å². The number of hydrogen-bond acceptors (Lipinski definition) is 6. The zero-order valence-electron chi connectivity index (χ0n) is 34.8. The van der Waals surface area contributed by atoms with Crippen LogP contribution in [0.3, 0.4) is 0 Å². The third kappa shape index (κ3) is 7.17. The van der Waals surface area contributed by atoms with Crippen molar-refractivity contribution in [1.29, 1.82) is 0 Å². The highest BCUT2D eigenvalue weighted by Gasteiger charge is 2.35. The van der Waals surface area contributed by atoms with Crippen LogP contribution < -0.4 is 0 Å². The maximum atomic E-state index is 5.13. The summed E-state index contributed by atoms with van der Waals surface area (Å²) in [5.41, 5.74) is 16.4. The minimum absolute atomic E-state index is 0.158. The van der Waals surface area contributed by atoms with E-state index in [4.69, 9.17) is 29.9 Å². The summed E-state index contributed by atoms with van der Waals surface area (Å²) in [5.74, 6) is 2.37. The van der Waals surface area contributed by atoms with Crippen molar-refractivity contribution >= 4 is 0 Å². The molecule has 0 amide bonds. The quantitative estimate of drug-likeness (QED) is 0.152. The van der Waals surface area contributed by atoms with Gasteiger partial charge >= 0.3 is 0 Å². The van der Waals surface area contributed by atoms with Crippen LogP contribution in [0.5, 0.6) is 0 Å². The Balaban J connectivity index is 0.974. The van der Waals surface area contributed by atoms with Gasteiger partial charge in [0.2, 0.25) is 0 Å². The Morgan fingerprint density at radius 1 is 0.286 bits per heavy atom. The summed E-state index contributed by atoms with van der Waals surface area (Å²) in [6, 6.07) is 69.1. The van der Waals surface area contributed by atoms with E-state index in [9.17, 15) is 0 Å². The molecule has 0 atom stereocenters. The summed E-state index contributed by atoms with van der Waals surface area (Å²) < 4.78 is 0. The summed E-state index contributed by atoms with van der Waals surface area (Å²) in [6.07, 6.45) is 1.83. The third-order valence-corrected chi connectivity index (χ3v) is 12.0. The molecule has 0 fully saturated rings. The van der Waals surface area contributed by atoms with Gasteiger partial charge in [0.25, 0.3) is 0 Å². The number of pyridine rings is 1. The van der Waals surface area contributed by atoms with Crippen LogP contribution in [0.25, 0.3) is 102 Å². The Kier molecular flexibility index (Phi) is 9.39. The maximum absolute atomic E-state index is 5.13. The van der Waals surface area contributed by atoms with E-state index in [-0.39, 0.29) is 5.41 Å². The van der Waals surface area contributed by atoms with Crippen LogP contribution in [0.4, 0.5) is 0 Å². The highest BCUT2D eigenvalue weighted by Crippen LogP contribution is 2.49. The maximum Gasteiger partial charge on any atom is 0.182 e. The molecule has 10 aromatic rings. The van der Waals surface area contributed by atoms with Gasteiger partial charge in [0.15, 0.2) is 23.3 Å². The summed E-state index contributed by atoms with van der Waals surface area (Å²) >= 11 is 0. The summed E-state index contributed by atoms with van der Waals surface area (Å²) in [4.78, 5) is 30.3. The molecule has 0 saturated heterocycles. The van der Waals surface area contributed by atoms with Crippen LogP contribution in [0.15, 0.2) is 206 Å². The molecule has 3 aromatic heterocycles. The van der Waals surface area contributed by atoms with Gasteiger partial charge in [-0.05, 0) is 74.8 Å². The smallest absolute Gasteiger partial charge is 0.182 e. The van der Waals surface area contributed by atoms with Crippen molar-refractivity contribution in [2.45, 2.75) is 19.3 Å². The van der Waals surface area contributed by atoms with E-state index in [0.29, 0.717) is 29.0 Å². The van der Waals surface area contributed by atoms with Crippen molar-refractivity contribution in [3.8, 4) is 102 Å². The van der Waals surface area contributed by atoms with Crippen molar-refractivity contribution in [2.75, 3.05) is 0 Å². The lowest BCUT2D eigenvalue weighted by Gasteiger charge is -2.21. The number of fused-ring (bicyclic) bond motifs is 3. The normalized spacial score (nSPS) is 12.4. The number of nitrogens with zero attached hydrogens (tertiary/aromatic N) is 6. The van der Waals surface area contributed by atoms with E-state index in [1.807, 2.05) is 66.9 Å². The van der Waals surface area contributed by atoms with Gasteiger partial charge in [-0.15, -0.1) is 0 Å². The van der Waals surface area contributed by atoms with Gasteiger partial charge in [-0.25, -0.2) is 24.9 Å². The second-order valence-corrected chi connectivity index (χ2v) is 16.4. The second-order valence-electron chi connectivity index (χ2n) is 16.4. The first-order chi connectivity index (χ1) is 30.9. The minimum Gasteiger partial charge on any atom is -0.253 e. The Labute approximate surface area is 366 Å². The molecule has 1 aliphatic rings. The molecule has 298 valence electrons. The van der Waals surface area contributed by atoms with Crippen LogP contribution in [0.1, 0.15) is 25.0 Å².